The molecule has 0 aromatic heterocycles. The Hall–Kier alpha value is -0.880. The van der Waals surface area contributed by atoms with Crippen LogP contribution in [0.25, 0.3) is 0 Å². The topological polar surface area (TPSA) is 229 Å². The van der Waals surface area contributed by atoms with Gasteiger partial charge in [-0.15, -0.1) is 0 Å². The maximum Gasteiger partial charge on any atom is 0.374 e. The average Bonchev–Trinajstić information content (AvgIpc) is 2.61. The second-order valence-corrected chi connectivity index (χ2v) is 11.9. The number of nitrogens with two attached hydrogens (primary N) is 2. The van der Waals surface area contributed by atoms with Gasteiger partial charge in [-0.2, -0.15) is 0 Å². The molecule has 0 aromatic carbocycles. The van der Waals surface area contributed by atoms with Crippen LogP contribution in [0.15, 0.2) is 0 Å². The minimum absolute atomic E-state index is 0.120. The molecule has 0 spiro atoms. The fraction of sp³-hybridized carbons (Fsp3) is 0.867. The summed E-state index contributed by atoms with van der Waals surface area (Å²) in [4.78, 5) is 52.4. The molecule has 0 radical (unpaired) electrons. The van der Waals surface area contributed by atoms with E-state index in [1.165, 1.54) is 13.8 Å². The van der Waals surface area contributed by atoms with E-state index in [2.05, 4.69) is 4.52 Å². The molecular weight excluding hydrogens is 446 g/mol. The van der Waals surface area contributed by atoms with Crippen LogP contribution in [0.2, 0.25) is 0 Å². The summed E-state index contributed by atoms with van der Waals surface area (Å²) >= 11 is 0. The molecule has 0 amide bonds. The molecule has 0 aliphatic rings. The van der Waals surface area contributed by atoms with Crippen molar-refractivity contribution in [2.24, 2.45) is 22.8 Å². The van der Waals surface area contributed by atoms with Gasteiger partial charge < -0.3 is 40.7 Å². The third-order valence-electron chi connectivity index (χ3n) is 4.17. The number of ether oxygens (including phenoxy) is 2. The molecule has 0 rings (SSSR count). The molecule has 13 nitrogen and oxygen atoms in total. The lowest BCUT2D eigenvalue weighted by molar-refractivity contribution is -0.167. The summed E-state index contributed by atoms with van der Waals surface area (Å²) in [6, 6.07) is -0.890. The molecule has 0 aliphatic heterocycles. The third-order valence-corrected chi connectivity index (χ3v) is 8.45. The van der Waals surface area contributed by atoms with Crippen LogP contribution in [0.3, 0.4) is 0 Å². The minimum Gasteiger partial charge on any atom is -0.463 e. The van der Waals surface area contributed by atoms with Crippen LogP contribution in [0.5, 0.6) is 0 Å². The van der Waals surface area contributed by atoms with E-state index < -0.39 is 63.5 Å². The van der Waals surface area contributed by atoms with Gasteiger partial charge in [0.05, 0.1) is 5.41 Å². The zero-order valence-electron chi connectivity index (χ0n) is 17.4. The van der Waals surface area contributed by atoms with Crippen molar-refractivity contribution >= 4 is 27.1 Å². The second-order valence-electron chi connectivity index (χ2n) is 7.67. The van der Waals surface area contributed by atoms with Gasteiger partial charge in [0.2, 0.25) is 6.79 Å². The zero-order valence-corrected chi connectivity index (χ0v) is 19.2. The van der Waals surface area contributed by atoms with Crippen LogP contribution < -0.4 is 11.5 Å². The van der Waals surface area contributed by atoms with Crippen molar-refractivity contribution in [2.75, 3.05) is 19.9 Å². The summed E-state index contributed by atoms with van der Waals surface area (Å²) in [5.74, 6) is -1.92. The molecule has 0 aliphatic carbocycles. The van der Waals surface area contributed by atoms with Gasteiger partial charge in [0.1, 0.15) is 12.6 Å². The summed E-state index contributed by atoms with van der Waals surface area (Å²) < 4.78 is 37.9. The second kappa shape index (κ2) is 11.1. The Morgan fingerprint density at radius 1 is 1.10 bits per heavy atom. The van der Waals surface area contributed by atoms with E-state index in [1.54, 1.807) is 13.8 Å². The van der Waals surface area contributed by atoms with Gasteiger partial charge in [0, 0.05) is 6.42 Å². The van der Waals surface area contributed by atoms with Gasteiger partial charge >= 0.3 is 27.1 Å². The van der Waals surface area contributed by atoms with Crippen LogP contribution in [-0.2, 0) is 32.7 Å². The number of esters is 2. The third kappa shape index (κ3) is 7.67. The number of hydrogen-bond donors (Lipinski definition) is 6. The van der Waals surface area contributed by atoms with Gasteiger partial charge in [0.25, 0.3) is 5.08 Å². The first-order chi connectivity index (χ1) is 13.4. The largest absolute Gasteiger partial charge is 0.463 e. The van der Waals surface area contributed by atoms with Crippen LogP contribution in [0.4, 0.5) is 0 Å². The molecule has 0 aromatic rings. The van der Waals surface area contributed by atoms with Gasteiger partial charge in [-0.25, -0.2) is 0 Å². The quantitative estimate of drug-likeness (QED) is 0.115. The zero-order chi connectivity index (χ0) is 24.0. The molecule has 30 heavy (non-hydrogen) atoms. The van der Waals surface area contributed by atoms with Crippen molar-refractivity contribution in [3.63, 3.8) is 0 Å². The van der Waals surface area contributed by atoms with Crippen molar-refractivity contribution in [1.82, 2.24) is 0 Å². The first-order valence-corrected chi connectivity index (χ1v) is 12.2. The summed E-state index contributed by atoms with van der Waals surface area (Å²) in [5.41, 5.74) is 9.45. The maximum atomic E-state index is 12.2. The molecule has 0 saturated heterocycles. The summed E-state index contributed by atoms with van der Waals surface area (Å²) in [7, 11) is -10.9. The van der Waals surface area contributed by atoms with Gasteiger partial charge in [0.15, 0.2) is 0 Å². The Bertz CT molecular complexity index is 694. The van der Waals surface area contributed by atoms with E-state index in [0.29, 0.717) is 0 Å². The normalized spacial score (nSPS) is 17.7. The minimum atomic E-state index is -5.52. The van der Waals surface area contributed by atoms with Crippen molar-refractivity contribution in [1.29, 1.82) is 0 Å². The molecule has 0 bridgehead atoms. The van der Waals surface area contributed by atoms with Crippen LogP contribution >= 0.6 is 15.2 Å². The SMILES string of the molecule is CC(C)[C@H](N)C(=O)OCC(C)(C)C(=O)OCOP(=O)(O)C(O)(CCCN)P(=O)(O)O. The number of aliphatic hydroxyl groups is 1. The highest BCUT2D eigenvalue weighted by molar-refractivity contribution is 7.72. The fourth-order valence-electron chi connectivity index (χ4n) is 1.92. The number of carbonyl (C=O) groups is 2. The summed E-state index contributed by atoms with van der Waals surface area (Å²) in [6.45, 7) is 4.41. The maximum absolute atomic E-state index is 12.2. The smallest absolute Gasteiger partial charge is 0.374 e. The van der Waals surface area contributed by atoms with E-state index in [-0.39, 0.29) is 18.9 Å². The standard InChI is InChI=1S/C15H32N2O11P2/c1-10(2)11(17)12(18)26-8-14(3,4)13(19)27-9-28-30(24,25)15(20,6-5-7-16)29(21,22)23/h10-11,20H,5-9,16-17H2,1-4H3,(H,24,25)(H2,21,22,23)/t11-,15?/m0/s1. The van der Waals surface area contributed by atoms with Gasteiger partial charge in [-0.3, -0.25) is 23.2 Å². The van der Waals surface area contributed by atoms with Gasteiger partial charge in [-0.05, 0) is 32.7 Å². The Morgan fingerprint density at radius 2 is 1.63 bits per heavy atom. The molecule has 8 N–H and O–H groups in total. The Morgan fingerprint density at radius 3 is 2.07 bits per heavy atom. The fourth-order valence-corrected chi connectivity index (χ4v) is 4.70. The summed E-state index contributed by atoms with van der Waals surface area (Å²) in [6.07, 6.45) is -1.01. The highest BCUT2D eigenvalue weighted by Crippen LogP contribution is 2.71. The molecule has 15 heteroatoms. The monoisotopic (exact) mass is 478 g/mol. The Balaban J connectivity index is 4.98. The average molecular weight is 478 g/mol. The highest BCUT2D eigenvalue weighted by Gasteiger charge is 2.60. The molecule has 0 saturated carbocycles. The van der Waals surface area contributed by atoms with Gasteiger partial charge in [-0.1, -0.05) is 13.8 Å². The van der Waals surface area contributed by atoms with Crippen LogP contribution in [0.1, 0.15) is 40.5 Å². The Labute approximate surface area is 174 Å². The van der Waals surface area contributed by atoms with E-state index >= 15 is 0 Å². The van der Waals surface area contributed by atoms with Crippen molar-refractivity contribution in [3.8, 4) is 0 Å². The van der Waals surface area contributed by atoms with E-state index in [9.17, 15) is 38.5 Å². The molecule has 178 valence electrons. The first-order valence-electron chi connectivity index (χ1n) is 8.98. The van der Waals surface area contributed by atoms with Crippen molar-refractivity contribution < 1.29 is 52.5 Å². The predicted molar refractivity (Wildman–Crippen MR) is 105 cm³/mol. The number of rotatable bonds is 13. The molecular formula is C15H32N2O11P2. The molecule has 2 unspecified atom stereocenters. The van der Waals surface area contributed by atoms with Crippen molar-refractivity contribution in [3.05, 3.63) is 0 Å². The highest BCUT2D eigenvalue weighted by atomic mass is 31.2. The molecule has 3 atom stereocenters. The lowest BCUT2D eigenvalue weighted by atomic mass is 9.95. The van der Waals surface area contributed by atoms with Crippen LogP contribution in [0, 0.1) is 11.3 Å². The Kier molecular flexibility index (Phi) is 10.8. The van der Waals surface area contributed by atoms with E-state index in [1.807, 2.05) is 0 Å². The van der Waals surface area contributed by atoms with Crippen LogP contribution in [-0.4, -0.2) is 62.8 Å². The lowest BCUT2D eigenvalue weighted by Gasteiger charge is -2.32. The lowest BCUT2D eigenvalue weighted by Crippen LogP contribution is -2.40. The number of hydrogen-bond acceptors (Lipinski definition) is 10. The molecule has 0 fully saturated rings. The molecule has 0 heterocycles. The first kappa shape index (κ1) is 29.1. The van der Waals surface area contributed by atoms with E-state index in [4.69, 9.17) is 20.9 Å². The summed E-state index contributed by atoms with van der Waals surface area (Å²) in [5, 5.41) is 6.69. The number of carbonyl (C=O) groups excluding carboxylic acids is 2. The van der Waals surface area contributed by atoms with Crippen molar-refractivity contribution in [2.45, 2.75) is 51.7 Å². The van der Waals surface area contributed by atoms with E-state index in [0.717, 1.165) is 0 Å². The predicted octanol–water partition coefficient (Wildman–Crippen LogP) is -0.195.